The Balaban J connectivity index is 2.06. The molecule has 0 saturated heterocycles. The van der Waals surface area contributed by atoms with Crippen LogP contribution in [0.3, 0.4) is 0 Å². The van der Waals surface area contributed by atoms with Crippen LogP contribution in [0.15, 0.2) is 36.8 Å². The van der Waals surface area contributed by atoms with Crippen LogP contribution >= 0.6 is 0 Å². The Morgan fingerprint density at radius 1 is 1.30 bits per heavy atom. The van der Waals surface area contributed by atoms with Gasteiger partial charge in [0.25, 0.3) is 5.91 Å². The number of benzene rings is 1. The molecule has 0 spiro atoms. The van der Waals surface area contributed by atoms with Gasteiger partial charge in [0.05, 0.1) is 6.33 Å². The minimum Gasteiger partial charge on any atom is -0.508 e. The summed E-state index contributed by atoms with van der Waals surface area (Å²) < 4.78 is 0. The van der Waals surface area contributed by atoms with Gasteiger partial charge in [0.1, 0.15) is 11.8 Å². The van der Waals surface area contributed by atoms with Gasteiger partial charge in [0.2, 0.25) is 0 Å². The standard InChI is InChI=1S/C13H13N3O4/c17-10-3-1-8(2-4-10)12(18)16-11(13(19)20)5-9-6-14-7-15-9/h1-4,6-7,11,17H,5H2,(H,14,15)(H,16,18)(H,19,20)/t11-/m1/s1. The first-order chi connectivity index (χ1) is 9.56. The van der Waals surface area contributed by atoms with E-state index in [1.165, 1.54) is 36.8 Å². The molecule has 0 aliphatic heterocycles. The summed E-state index contributed by atoms with van der Waals surface area (Å²) in [6.45, 7) is 0. The molecule has 0 aliphatic rings. The van der Waals surface area contributed by atoms with Crippen molar-refractivity contribution in [3.05, 3.63) is 48.0 Å². The van der Waals surface area contributed by atoms with Crippen LogP contribution in [0.5, 0.6) is 5.75 Å². The van der Waals surface area contributed by atoms with Crippen LogP contribution in [0.2, 0.25) is 0 Å². The molecule has 0 unspecified atom stereocenters. The largest absolute Gasteiger partial charge is 0.508 e. The number of carboxylic acid groups (broad SMARTS) is 1. The fraction of sp³-hybridized carbons (Fsp3) is 0.154. The number of nitrogens with zero attached hydrogens (tertiary/aromatic N) is 1. The monoisotopic (exact) mass is 275 g/mol. The first-order valence-corrected chi connectivity index (χ1v) is 5.86. The number of carboxylic acids is 1. The molecule has 0 aliphatic carbocycles. The maximum Gasteiger partial charge on any atom is 0.326 e. The summed E-state index contributed by atoms with van der Waals surface area (Å²) in [5.41, 5.74) is 0.891. The summed E-state index contributed by atoms with van der Waals surface area (Å²) in [5, 5.41) is 20.7. The van der Waals surface area contributed by atoms with Crippen molar-refractivity contribution in [1.82, 2.24) is 15.3 Å². The number of amides is 1. The van der Waals surface area contributed by atoms with E-state index < -0.39 is 17.9 Å². The van der Waals surface area contributed by atoms with E-state index >= 15 is 0 Å². The number of hydrogen-bond acceptors (Lipinski definition) is 4. The highest BCUT2D eigenvalue weighted by molar-refractivity contribution is 5.96. The molecule has 1 atom stereocenters. The molecular formula is C13H13N3O4. The van der Waals surface area contributed by atoms with Crippen molar-refractivity contribution in [2.45, 2.75) is 12.5 Å². The molecule has 2 rings (SSSR count). The highest BCUT2D eigenvalue weighted by Crippen LogP contribution is 2.10. The Morgan fingerprint density at radius 2 is 2.00 bits per heavy atom. The zero-order chi connectivity index (χ0) is 14.5. The van der Waals surface area contributed by atoms with Crippen molar-refractivity contribution in [1.29, 1.82) is 0 Å². The van der Waals surface area contributed by atoms with Crippen LogP contribution in [0.4, 0.5) is 0 Å². The first kappa shape index (κ1) is 13.6. The van der Waals surface area contributed by atoms with Gasteiger partial charge in [0, 0.05) is 23.9 Å². The van der Waals surface area contributed by atoms with Crippen molar-refractivity contribution < 1.29 is 19.8 Å². The molecule has 1 aromatic heterocycles. The van der Waals surface area contributed by atoms with Crippen molar-refractivity contribution in [2.24, 2.45) is 0 Å². The molecule has 7 heteroatoms. The summed E-state index contributed by atoms with van der Waals surface area (Å²) in [6, 6.07) is 4.50. The molecule has 1 aromatic carbocycles. The number of nitrogens with one attached hydrogen (secondary N) is 2. The van der Waals surface area contributed by atoms with E-state index in [1.54, 1.807) is 0 Å². The average molecular weight is 275 g/mol. The average Bonchev–Trinajstić information content (AvgIpc) is 2.91. The third-order valence-corrected chi connectivity index (χ3v) is 2.71. The molecule has 0 bridgehead atoms. The third kappa shape index (κ3) is 3.35. The molecule has 4 N–H and O–H groups in total. The molecule has 0 radical (unpaired) electrons. The molecule has 0 saturated carbocycles. The van der Waals surface area contributed by atoms with Gasteiger partial charge in [-0.1, -0.05) is 0 Å². The number of aromatic amines is 1. The first-order valence-electron chi connectivity index (χ1n) is 5.86. The Morgan fingerprint density at radius 3 is 2.55 bits per heavy atom. The number of hydrogen-bond donors (Lipinski definition) is 4. The number of aliphatic carboxylic acids is 1. The van der Waals surface area contributed by atoms with Crippen LogP contribution < -0.4 is 5.32 Å². The SMILES string of the molecule is O=C(N[C@H](Cc1cnc[nH]1)C(=O)O)c1ccc(O)cc1. The van der Waals surface area contributed by atoms with Crippen LogP contribution in [0, 0.1) is 0 Å². The second kappa shape index (κ2) is 5.87. The van der Waals surface area contributed by atoms with Crippen LogP contribution in [-0.4, -0.2) is 38.1 Å². The minimum atomic E-state index is -1.13. The lowest BCUT2D eigenvalue weighted by Crippen LogP contribution is -2.42. The number of phenolic OH excluding ortho intramolecular Hbond substituents is 1. The normalized spacial score (nSPS) is 11.8. The van der Waals surface area contributed by atoms with Crippen molar-refractivity contribution in [2.75, 3.05) is 0 Å². The van der Waals surface area contributed by atoms with Crippen LogP contribution in [0.1, 0.15) is 16.1 Å². The molecule has 0 fully saturated rings. The molecule has 1 heterocycles. The lowest BCUT2D eigenvalue weighted by molar-refractivity contribution is -0.139. The number of H-pyrrole nitrogens is 1. The fourth-order valence-electron chi connectivity index (χ4n) is 1.67. The molecule has 2 aromatic rings. The van der Waals surface area contributed by atoms with Crippen LogP contribution in [-0.2, 0) is 11.2 Å². The summed E-state index contributed by atoms with van der Waals surface area (Å²) in [6.07, 6.45) is 3.05. The van der Waals surface area contributed by atoms with Crippen molar-refractivity contribution in [3.8, 4) is 5.75 Å². The van der Waals surface area contributed by atoms with Gasteiger partial charge in [-0.25, -0.2) is 9.78 Å². The molecule has 1 amide bonds. The third-order valence-electron chi connectivity index (χ3n) is 2.71. The van der Waals surface area contributed by atoms with Gasteiger partial charge in [-0.15, -0.1) is 0 Å². The molecule has 20 heavy (non-hydrogen) atoms. The van der Waals surface area contributed by atoms with E-state index in [1.807, 2.05) is 0 Å². The van der Waals surface area contributed by atoms with Gasteiger partial charge in [0.15, 0.2) is 0 Å². The Labute approximate surface area is 114 Å². The van der Waals surface area contributed by atoms with E-state index in [0.29, 0.717) is 5.69 Å². The maximum atomic E-state index is 11.9. The molecular weight excluding hydrogens is 262 g/mol. The maximum absolute atomic E-state index is 11.9. The zero-order valence-corrected chi connectivity index (χ0v) is 10.4. The number of phenols is 1. The predicted molar refractivity (Wildman–Crippen MR) is 69.3 cm³/mol. The lowest BCUT2D eigenvalue weighted by Gasteiger charge is -2.13. The number of rotatable bonds is 5. The zero-order valence-electron chi connectivity index (χ0n) is 10.4. The van der Waals surface area contributed by atoms with Crippen LogP contribution in [0.25, 0.3) is 0 Å². The molecule has 7 nitrogen and oxygen atoms in total. The smallest absolute Gasteiger partial charge is 0.326 e. The van der Waals surface area contributed by atoms with Gasteiger partial charge in [-0.3, -0.25) is 4.79 Å². The molecule has 104 valence electrons. The van der Waals surface area contributed by atoms with E-state index in [-0.39, 0.29) is 17.7 Å². The number of aromatic nitrogens is 2. The van der Waals surface area contributed by atoms with Gasteiger partial charge in [-0.2, -0.15) is 0 Å². The van der Waals surface area contributed by atoms with Gasteiger partial charge >= 0.3 is 5.97 Å². The fourth-order valence-corrected chi connectivity index (χ4v) is 1.67. The Hall–Kier alpha value is -2.83. The summed E-state index contributed by atoms with van der Waals surface area (Å²) in [7, 11) is 0. The number of carbonyl (C=O) groups is 2. The number of aromatic hydroxyl groups is 1. The van der Waals surface area contributed by atoms with E-state index in [2.05, 4.69) is 15.3 Å². The summed E-state index contributed by atoms with van der Waals surface area (Å²) in [5.74, 6) is -1.61. The second-order valence-electron chi connectivity index (χ2n) is 4.19. The highest BCUT2D eigenvalue weighted by atomic mass is 16.4. The summed E-state index contributed by atoms with van der Waals surface area (Å²) in [4.78, 5) is 29.7. The lowest BCUT2D eigenvalue weighted by atomic mass is 10.1. The quantitative estimate of drug-likeness (QED) is 0.635. The van der Waals surface area contributed by atoms with E-state index in [9.17, 15) is 9.59 Å². The summed E-state index contributed by atoms with van der Waals surface area (Å²) >= 11 is 0. The highest BCUT2D eigenvalue weighted by Gasteiger charge is 2.21. The number of imidazole rings is 1. The van der Waals surface area contributed by atoms with Crippen molar-refractivity contribution >= 4 is 11.9 Å². The topological polar surface area (TPSA) is 115 Å². The van der Waals surface area contributed by atoms with E-state index in [4.69, 9.17) is 10.2 Å². The second-order valence-corrected chi connectivity index (χ2v) is 4.19. The van der Waals surface area contributed by atoms with Gasteiger partial charge < -0.3 is 20.5 Å². The number of carbonyl (C=O) groups excluding carboxylic acids is 1. The minimum absolute atomic E-state index is 0.0359. The van der Waals surface area contributed by atoms with E-state index in [0.717, 1.165) is 0 Å². The Bertz CT molecular complexity index is 593. The van der Waals surface area contributed by atoms with Crippen molar-refractivity contribution in [3.63, 3.8) is 0 Å². The van der Waals surface area contributed by atoms with Gasteiger partial charge in [-0.05, 0) is 24.3 Å². The predicted octanol–water partition coefficient (Wildman–Crippen LogP) is 0.541. The Kier molecular flexibility index (Phi) is 3.99.